The minimum atomic E-state index is -0.441. The molecule has 0 aromatic rings. The Morgan fingerprint density at radius 1 is 1.64 bits per heavy atom. The Kier molecular flexibility index (Phi) is 5.78. The fourth-order valence-corrected chi connectivity index (χ4v) is 0.609. The van der Waals surface area contributed by atoms with Gasteiger partial charge in [-0.3, -0.25) is 4.79 Å². The maximum atomic E-state index is 10.8. The third kappa shape index (κ3) is 5.82. The van der Waals surface area contributed by atoms with E-state index in [0.717, 1.165) is 12.8 Å². The molecule has 0 aromatic carbocycles. The number of hydrogen-bond donors (Lipinski definition) is 3. The summed E-state index contributed by atoms with van der Waals surface area (Å²) >= 11 is 0. The SMILES string of the molecule is C[C@@H](N)C(=O)NCCCCO. The summed E-state index contributed by atoms with van der Waals surface area (Å²) in [5, 5.41) is 11.0. The van der Waals surface area contributed by atoms with Crippen LogP contribution in [-0.2, 0) is 4.79 Å². The highest BCUT2D eigenvalue weighted by Crippen LogP contribution is 1.84. The highest BCUT2D eigenvalue weighted by molar-refractivity contribution is 5.80. The first-order valence-electron chi connectivity index (χ1n) is 3.82. The summed E-state index contributed by atoms with van der Waals surface area (Å²) in [4.78, 5) is 10.8. The first-order chi connectivity index (χ1) is 5.18. The Morgan fingerprint density at radius 2 is 2.27 bits per heavy atom. The Morgan fingerprint density at radius 3 is 2.73 bits per heavy atom. The van der Waals surface area contributed by atoms with Gasteiger partial charge < -0.3 is 16.2 Å². The molecule has 0 rings (SSSR count). The van der Waals surface area contributed by atoms with Crippen LogP contribution in [0.25, 0.3) is 0 Å². The zero-order valence-corrected chi connectivity index (χ0v) is 6.84. The number of rotatable bonds is 5. The molecule has 0 heterocycles. The summed E-state index contributed by atoms with van der Waals surface area (Å²) in [5.74, 6) is -0.136. The molecule has 1 atom stereocenters. The van der Waals surface area contributed by atoms with Crippen LogP contribution in [0.5, 0.6) is 0 Å². The summed E-state index contributed by atoms with van der Waals surface area (Å²) in [6, 6.07) is -0.441. The highest BCUT2D eigenvalue weighted by atomic mass is 16.2. The van der Waals surface area contributed by atoms with E-state index in [1.165, 1.54) is 0 Å². The molecule has 0 bridgehead atoms. The fourth-order valence-electron chi connectivity index (χ4n) is 0.609. The van der Waals surface area contributed by atoms with Gasteiger partial charge in [0.05, 0.1) is 6.04 Å². The van der Waals surface area contributed by atoms with Gasteiger partial charge in [-0.15, -0.1) is 0 Å². The Hall–Kier alpha value is -0.610. The molecule has 0 radical (unpaired) electrons. The summed E-state index contributed by atoms with van der Waals surface area (Å²) in [6.07, 6.45) is 1.52. The van der Waals surface area contributed by atoms with Gasteiger partial charge in [-0.05, 0) is 19.8 Å². The molecule has 0 unspecified atom stereocenters. The summed E-state index contributed by atoms with van der Waals surface area (Å²) in [7, 11) is 0. The number of nitrogens with two attached hydrogens (primary N) is 1. The molecule has 0 saturated carbocycles. The van der Waals surface area contributed by atoms with Crippen molar-refractivity contribution in [3.63, 3.8) is 0 Å². The van der Waals surface area contributed by atoms with Crippen molar-refractivity contribution in [2.75, 3.05) is 13.2 Å². The van der Waals surface area contributed by atoms with Gasteiger partial charge >= 0.3 is 0 Å². The molecule has 11 heavy (non-hydrogen) atoms. The Labute approximate surface area is 66.8 Å². The average Bonchev–Trinajstić information content (AvgIpc) is 1.97. The minimum Gasteiger partial charge on any atom is -0.396 e. The van der Waals surface area contributed by atoms with Crippen LogP contribution in [0, 0.1) is 0 Å². The van der Waals surface area contributed by atoms with Gasteiger partial charge in [0.25, 0.3) is 0 Å². The zero-order chi connectivity index (χ0) is 8.69. The molecule has 0 aliphatic rings. The lowest BCUT2D eigenvalue weighted by atomic mass is 10.3. The van der Waals surface area contributed by atoms with Crippen LogP contribution in [0.15, 0.2) is 0 Å². The minimum absolute atomic E-state index is 0.136. The van der Waals surface area contributed by atoms with Gasteiger partial charge in [-0.1, -0.05) is 0 Å². The van der Waals surface area contributed by atoms with Crippen LogP contribution in [0.2, 0.25) is 0 Å². The molecule has 0 aromatic heterocycles. The first-order valence-corrected chi connectivity index (χ1v) is 3.82. The van der Waals surface area contributed by atoms with Crippen LogP contribution in [-0.4, -0.2) is 30.2 Å². The van der Waals surface area contributed by atoms with E-state index < -0.39 is 6.04 Å². The van der Waals surface area contributed by atoms with Gasteiger partial charge in [0, 0.05) is 13.2 Å². The van der Waals surface area contributed by atoms with Crippen LogP contribution < -0.4 is 11.1 Å². The van der Waals surface area contributed by atoms with Gasteiger partial charge in [-0.25, -0.2) is 0 Å². The number of hydrogen-bond acceptors (Lipinski definition) is 3. The monoisotopic (exact) mass is 160 g/mol. The Bertz CT molecular complexity index is 115. The number of aliphatic hydroxyl groups excluding tert-OH is 1. The summed E-state index contributed by atoms with van der Waals surface area (Å²) in [6.45, 7) is 2.41. The molecule has 0 saturated heterocycles. The average molecular weight is 160 g/mol. The van der Waals surface area contributed by atoms with Crippen molar-refractivity contribution in [2.45, 2.75) is 25.8 Å². The molecule has 4 N–H and O–H groups in total. The molecule has 66 valence electrons. The smallest absolute Gasteiger partial charge is 0.236 e. The second-order valence-electron chi connectivity index (χ2n) is 2.51. The normalized spacial score (nSPS) is 12.6. The van der Waals surface area contributed by atoms with E-state index in [2.05, 4.69) is 5.32 Å². The van der Waals surface area contributed by atoms with E-state index in [0.29, 0.717) is 6.54 Å². The predicted octanol–water partition coefficient (Wildman–Crippen LogP) is -0.778. The third-order valence-corrected chi connectivity index (χ3v) is 1.30. The Balaban J connectivity index is 3.18. The second kappa shape index (κ2) is 6.12. The number of nitrogens with one attached hydrogen (secondary N) is 1. The quantitative estimate of drug-likeness (QED) is 0.462. The van der Waals surface area contributed by atoms with Gasteiger partial charge in [0.15, 0.2) is 0 Å². The van der Waals surface area contributed by atoms with Crippen LogP contribution in [0.1, 0.15) is 19.8 Å². The number of carbonyl (C=O) groups is 1. The van der Waals surface area contributed by atoms with Crippen LogP contribution in [0.4, 0.5) is 0 Å². The maximum absolute atomic E-state index is 10.8. The lowest BCUT2D eigenvalue weighted by molar-refractivity contribution is -0.121. The molecular weight excluding hydrogens is 144 g/mol. The van der Waals surface area contributed by atoms with E-state index in [1.54, 1.807) is 6.92 Å². The molecule has 4 heteroatoms. The zero-order valence-electron chi connectivity index (χ0n) is 6.84. The number of amides is 1. The molecule has 1 amide bonds. The van der Waals surface area contributed by atoms with Gasteiger partial charge in [-0.2, -0.15) is 0 Å². The van der Waals surface area contributed by atoms with E-state index in [9.17, 15) is 4.79 Å². The maximum Gasteiger partial charge on any atom is 0.236 e. The van der Waals surface area contributed by atoms with Gasteiger partial charge in [0.1, 0.15) is 0 Å². The molecule has 0 fully saturated rings. The molecule has 0 aliphatic carbocycles. The standard InChI is InChI=1S/C7H16N2O2/c1-6(8)7(11)9-4-2-3-5-10/h6,10H,2-5,8H2,1H3,(H,9,11)/t6-/m1/s1. The van der Waals surface area contributed by atoms with E-state index in [-0.39, 0.29) is 12.5 Å². The van der Waals surface area contributed by atoms with E-state index in [4.69, 9.17) is 10.8 Å². The van der Waals surface area contributed by atoms with E-state index in [1.807, 2.05) is 0 Å². The molecule has 0 aliphatic heterocycles. The van der Waals surface area contributed by atoms with Crippen molar-refractivity contribution in [2.24, 2.45) is 5.73 Å². The second-order valence-corrected chi connectivity index (χ2v) is 2.51. The predicted molar refractivity (Wildman–Crippen MR) is 43.0 cm³/mol. The molecule has 4 nitrogen and oxygen atoms in total. The topological polar surface area (TPSA) is 75.4 Å². The van der Waals surface area contributed by atoms with Crippen molar-refractivity contribution in [1.29, 1.82) is 0 Å². The van der Waals surface area contributed by atoms with Crippen molar-refractivity contribution < 1.29 is 9.90 Å². The molecular formula is C7H16N2O2. The van der Waals surface area contributed by atoms with Crippen molar-refractivity contribution in [3.8, 4) is 0 Å². The van der Waals surface area contributed by atoms with Crippen molar-refractivity contribution in [1.82, 2.24) is 5.32 Å². The lowest BCUT2D eigenvalue weighted by Gasteiger charge is -2.06. The lowest BCUT2D eigenvalue weighted by Crippen LogP contribution is -2.38. The summed E-state index contributed by atoms with van der Waals surface area (Å²) in [5.41, 5.74) is 5.29. The largest absolute Gasteiger partial charge is 0.396 e. The molecule has 0 spiro atoms. The fraction of sp³-hybridized carbons (Fsp3) is 0.857. The highest BCUT2D eigenvalue weighted by Gasteiger charge is 2.04. The third-order valence-electron chi connectivity index (χ3n) is 1.30. The first kappa shape index (κ1) is 10.4. The summed E-state index contributed by atoms with van der Waals surface area (Å²) < 4.78 is 0. The number of aliphatic hydroxyl groups is 1. The van der Waals surface area contributed by atoms with Crippen LogP contribution in [0.3, 0.4) is 0 Å². The van der Waals surface area contributed by atoms with Crippen LogP contribution >= 0.6 is 0 Å². The van der Waals surface area contributed by atoms with Crippen molar-refractivity contribution in [3.05, 3.63) is 0 Å². The van der Waals surface area contributed by atoms with Crippen molar-refractivity contribution >= 4 is 5.91 Å². The van der Waals surface area contributed by atoms with Gasteiger partial charge in [0.2, 0.25) is 5.91 Å². The van der Waals surface area contributed by atoms with E-state index >= 15 is 0 Å². The number of carbonyl (C=O) groups excluding carboxylic acids is 1. The number of unbranched alkanes of at least 4 members (excludes halogenated alkanes) is 1.